The molecule has 0 aromatic carbocycles. The number of hydrogen-bond acceptors (Lipinski definition) is 4. The van der Waals surface area contributed by atoms with E-state index in [4.69, 9.17) is 9.26 Å². The summed E-state index contributed by atoms with van der Waals surface area (Å²) in [7, 11) is 0. The van der Waals surface area contributed by atoms with Gasteiger partial charge in [0.2, 0.25) is 0 Å². The van der Waals surface area contributed by atoms with E-state index in [1.54, 1.807) is 0 Å². The number of carbonyl (C=O) groups excluding carboxylic acids is 1. The number of hydrogen-bond donors (Lipinski definition) is 2. The molecule has 2 rings (SSSR count). The third kappa shape index (κ3) is 3.22. The molecule has 1 saturated heterocycles. The average Bonchev–Trinajstić information content (AvgIpc) is 2.96. The number of nitrogens with one attached hydrogen (secondary N) is 2. The number of urea groups is 1. The van der Waals surface area contributed by atoms with Crippen molar-refractivity contribution in [1.82, 2.24) is 15.8 Å². The van der Waals surface area contributed by atoms with Crippen LogP contribution in [0.3, 0.4) is 0 Å². The van der Waals surface area contributed by atoms with E-state index in [-0.39, 0.29) is 12.1 Å². The molecule has 2 heterocycles. The lowest BCUT2D eigenvalue weighted by atomic mass is 10.2. The van der Waals surface area contributed by atoms with Crippen LogP contribution in [0.25, 0.3) is 0 Å². The second-order valence-corrected chi connectivity index (χ2v) is 4.50. The van der Waals surface area contributed by atoms with E-state index in [1.165, 1.54) is 0 Å². The van der Waals surface area contributed by atoms with Crippen LogP contribution in [0.1, 0.15) is 29.9 Å². The van der Waals surface area contributed by atoms with Gasteiger partial charge in [-0.2, -0.15) is 0 Å². The predicted octanol–water partition coefficient (Wildman–Crippen LogP) is 1.27. The highest BCUT2D eigenvalue weighted by atomic mass is 16.5. The monoisotopic (exact) mass is 253 g/mol. The lowest BCUT2D eigenvalue weighted by Crippen LogP contribution is -2.39. The highest BCUT2D eigenvalue weighted by Gasteiger charge is 2.16. The normalized spacial score (nSPS) is 18.9. The standard InChI is InChI=1S/C12H19N3O3/c1-8-11(9(2)18-15-8)7-14-12(16)13-6-10-4-3-5-17-10/h10H,3-7H2,1-2H3,(H2,13,14,16). The zero-order valence-corrected chi connectivity index (χ0v) is 10.8. The maximum atomic E-state index is 11.6. The summed E-state index contributed by atoms with van der Waals surface area (Å²) >= 11 is 0. The molecule has 0 bridgehead atoms. The van der Waals surface area contributed by atoms with Crippen molar-refractivity contribution in [3.8, 4) is 0 Å². The van der Waals surface area contributed by atoms with Gasteiger partial charge in [0, 0.05) is 25.3 Å². The fourth-order valence-corrected chi connectivity index (χ4v) is 2.00. The van der Waals surface area contributed by atoms with Crippen molar-refractivity contribution in [2.24, 2.45) is 0 Å². The molecule has 0 radical (unpaired) electrons. The van der Waals surface area contributed by atoms with Crippen LogP contribution in [0.5, 0.6) is 0 Å². The van der Waals surface area contributed by atoms with Crippen molar-refractivity contribution in [2.75, 3.05) is 13.2 Å². The average molecular weight is 253 g/mol. The molecule has 100 valence electrons. The van der Waals surface area contributed by atoms with E-state index in [0.717, 1.165) is 36.5 Å². The predicted molar refractivity (Wildman–Crippen MR) is 65.2 cm³/mol. The summed E-state index contributed by atoms with van der Waals surface area (Å²) in [6, 6.07) is -0.189. The molecule has 1 atom stereocenters. The number of nitrogens with zero attached hydrogens (tertiary/aromatic N) is 1. The number of rotatable bonds is 4. The molecule has 1 fully saturated rings. The molecule has 1 unspecified atom stereocenters. The van der Waals surface area contributed by atoms with Gasteiger partial charge >= 0.3 is 6.03 Å². The quantitative estimate of drug-likeness (QED) is 0.847. The van der Waals surface area contributed by atoms with Crippen molar-refractivity contribution in [3.05, 3.63) is 17.0 Å². The van der Waals surface area contributed by atoms with Gasteiger partial charge in [0.1, 0.15) is 5.76 Å². The third-order valence-electron chi connectivity index (χ3n) is 3.12. The van der Waals surface area contributed by atoms with Gasteiger partial charge in [0.25, 0.3) is 0 Å². The number of aromatic nitrogens is 1. The maximum absolute atomic E-state index is 11.6. The van der Waals surface area contributed by atoms with Crippen molar-refractivity contribution in [1.29, 1.82) is 0 Å². The van der Waals surface area contributed by atoms with Crippen LogP contribution < -0.4 is 10.6 Å². The molecule has 0 aliphatic carbocycles. The van der Waals surface area contributed by atoms with Crippen LogP contribution in [-0.2, 0) is 11.3 Å². The van der Waals surface area contributed by atoms with Crippen LogP contribution in [0.2, 0.25) is 0 Å². The molecule has 6 nitrogen and oxygen atoms in total. The fourth-order valence-electron chi connectivity index (χ4n) is 2.00. The van der Waals surface area contributed by atoms with Crippen LogP contribution in [0.4, 0.5) is 4.79 Å². The van der Waals surface area contributed by atoms with Gasteiger partial charge in [-0.1, -0.05) is 5.16 Å². The minimum atomic E-state index is -0.189. The third-order valence-corrected chi connectivity index (χ3v) is 3.12. The van der Waals surface area contributed by atoms with Crippen LogP contribution in [-0.4, -0.2) is 30.4 Å². The molecular formula is C12H19N3O3. The highest BCUT2D eigenvalue weighted by Crippen LogP contribution is 2.12. The van der Waals surface area contributed by atoms with E-state index in [0.29, 0.717) is 13.1 Å². The fraction of sp³-hybridized carbons (Fsp3) is 0.667. The van der Waals surface area contributed by atoms with Crippen LogP contribution >= 0.6 is 0 Å². The summed E-state index contributed by atoms with van der Waals surface area (Å²) in [5, 5.41) is 9.42. The zero-order chi connectivity index (χ0) is 13.0. The summed E-state index contributed by atoms with van der Waals surface area (Å²) in [6.45, 7) is 5.48. The van der Waals surface area contributed by atoms with Crippen molar-refractivity contribution < 1.29 is 14.1 Å². The minimum absolute atomic E-state index is 0.162. The second kappa shape index (κ2) is 5.86. The first-order valence-electron chi connectivity index (χ1n) is 6.22. The maximum Gasteiger partial charge on any atom is 0.315 e. The summed E-state index contributed by atoms with van der Waals surface area (Å²) < 4.78 is 10.5. The summed E-state index contributed by atoms with van der Waals surface area (Å²) in [4.78, 5) is 11.6. The molecule has 6 heteroatoms. The first-order valence-corrected chi connectivity index (χ1v) is 6.22. The molecular weight excluding hydrogens is 234 g/mol. The van der Waals surface area contributed by atoms with Crippen molar-refractivity contribution in [2.45, 2.75) is 39.3 Å². The van der Waals surface area contributed by atoms with Crippen molar-refractivity contribution >= 4 is 6.03 Å². The van der Waals surface area contributed by atoms with Gasteiger partial charge in [-0.25, -0.2) is 4.79 Å². The molecule has 1 aliphatic heterocycles. The Kier molecular flexibility index (Phi) is 4.19. The molecule has 1 aromatic heterocycles. The Morgan fingerprint density at radius 2 is 2.28 bits per heavy atom. The summed E-state index contributed by atoms with van der Waals surface area (Å²) in [5.74, 6) is 0.743. The van der Waals surface area contributed by atoms with E-state index in [1.807, 2.05) is 13.8 Å². The van der Waals surface area contributed by atoms with Gasteiger partial charge < -0.3 is 19.9 Å². The summed E-state index contributed by atoms with van der Waals surface area (Å²) in [6.07, 6.45) is 2.26. The SMILES string of the molecule is Cc1noc(C)c1CNC(=O)NCC1CCCO1. The molecule has 0 saturated carbocycles. The van der Waals surface area contributed by atoms with Gasteiger partial charge in [-0.3, -0.25) is 0 Å². The minimum Gasteiger partial charge on any atom is -0.376 e. The Labute approximate surface area is 106 Å². The molecule has 1 aromatic rings. The van der Waals surface area contributed by atoms with E-state index >= 15 is 0 Å². The van der Waals surface area contributed by atoms with Gasteiger partial charge in [0.15, 0.2) is 0 Å². The van der Waals surface area contributed by atoms with Gasteiger partial charge in [-0.05, 0) is 26.7 Å². The molecule has 2 N–H and O–H groups in total. The number of amides is 2. The number of aryl methyl sites for hydroxylation is 2. The summed E-state index contributed by atoms with van der Waals surface area (Å²) in [5.41, 5.74) is 1.74. The lowest BCUT2D eigenvalue weighted by molar-refractivity contribution is 0.111. The van der Waals surface area contributed by atoms with E-state index in [2.05, 4.69) is 15.8 Å². The molecule has 2 amide bonds. The van der Waals surface area contributed by atoms with Gasteiger partial charge in [-0.15, -0.1) is 0 Å². The van der Waals surface area contributed by atoms with E-state index < -0.39 is 0 Å². The molecule has 0 spiro atoms. The first-order chi connectivity index (χ1) is 8.66. The largest absolute Gasteiger partial charge is 0.376 e. The number of ether oxygens (including phenoxy) is 1. The number of carbonyl (C=O) groups is 1. The Balaban J connectivity index is 1.71. The second-order valence-electron chi connectivity index (χ2n) is 4.50. The molecule has 1 aliphatic rings. The molecule has 18 heavy (non-hydrogen) atoms. The first kappa shape index (κ1) is 12.9. The smallest absolute Gasteiger partial charge is 0.315 e. The zero-order valence-electron chi connectivity index (χ0n) is 10.8. The Morgan fingerprint density at radius 3 is 2.89 bits per heavy atom. The van der Waals surface area contributed by atoms with E-state index in [9.17, 15) is 4.79 Å². The Morgan fingerprint density at radius 1 is 1.44 bits per heavy atom. The Bertz CT molecular complexity index is 391. The lowest BCUT2D eigenvalue weighted by Gasteiger charge is -2.11. The van der Waals surface area contributed by atoms with Crippen LogP contribution in [0, 0.1) is 13.8 Å². The topological polar surface area (TPSA) is 76.4 Å². The Hall–Kier alpha value is -1.56. The van der Waals surface area contributed by atoms with Crippen LogP contribution in [0.15, 0.2) is 4.52 Å². The van der Waals surface area contributed by atoms with Gasteiger partial charge in [0.05, 0.1) is 11.8 Å². The van der Waals surface area contributed by atoms with Crippen molar-refractivity contribution in [3.63, 3.8) is 0 Å². The highest BCUT2D eigenvalue weighted by molar-refractivity contribution is 5.73.